The molecule has 138 valence electrons. The second kappa shape index (κ2) is 8.79. The number of primary amides is 1. The molecule has 0 unspecified atom stereocenters. The first-order valence-electron chi connectivity index (χ1n) is 7.59. The fourth-order valence-electron chi connectivity index (χ4n) is 1.99. The summed E-state index contributed by atoms with van der Waals surface area (Å²) in [5.41, 5.74) is 5.26. The molecule has 0 aliphatic heterocycles. The number of rotatable bonds is 10. The van der Waals surface area contributed by atoms with E-state index in [1.165, 1.54) is 41.5 Å². The number of sulfonamides is 1. The SMILES string of the molecule is CN(C)S(=O)(=O)CCCSc1nnc(-c2cccs2)n1CCC(N)=O. The molecule has 0 aliphatic carbocycles. The van der Waals surface area contributed by atoms with Crippen molar-refractivity contribution in [3.63, 3.8) is 0 Å². The van der Waals surface area contributed by atoms with Crippen LogP contribution >= 0.6 is 23.1 Å². The van der Waals surface area contributed by atoms with Crippen molar-refractivity contribution < 1.29 is 13.2 Å². The van der Waals surface area contributed by atoms with Crippen molar-refractivity contribution >= 4 is 39.0 Å². The molecule has 25 heavy (non-hydrogen) atoms. The molecule has 0 aliphatic rings. The van der Waals surface area contributed by atoms with Gasteiger partial charge in [-0.1, -0.05) is 17.8 Å². The van der Waals surface area contributed by atoms with Crippen molar-refractivity contribution in [3.8, 4) is 10.7 Å². The number of carbonyl (C=O) groups is 1. The van der Waals surface area contributed by atoms with Gasteiger partial charge in [0.1, 0.15) is 0 Å². The number of nitrogens with two attached hydrogens (primary N) is 1. The summed E-state index contributed by atoms with van der Waals surface area (Å²) in [6, 6.07) is 3.86. The first-order chi connectivity index (χ1) is 11.8. The maximum atomic E-state index is 11.8. The highest BCUT2D eigenvalue weighted by molar-refractivity contribution is 7.99. The van der Waals surface area contributed by atoms with Gasteiger partial charge in [-0.3, -0.25) is 4.79 Å². The molecular formula is C14H21N5O3S3. The first kappa shape index (κ1) is 19.9. The molecule has 0 radical (unpaired) electrons. The van der Waals surface area contributed by atoms with Crippen molar-refractivity contribution in [1.82, 2.24) is 19.1 Å². The van der Waals surface area contributed by atoms with Crippen LogP contribution in [0.5, 0.6) is 0 Å². The van der Waals surface area contributed by atoms with Gasteiger partial charge in [0.05, 0.1) is 10.6 Å². The molecule has 0 aromatic carbocycles. The topological polar surface area (TPSA) is 111 Å². The summed E-state index contributed by atoms with van der Waals surface area (Å²) in [6.45, 7) is 0.397. The molecule has 1 amide bonds. The van der Waals surface area contributed by atoms with Crippen LogP contribution in [-0.4, -0.2) is 59.0 Å². The number of aromatic nitrogens is 3. The molecule has 2 aromatic rings. The number of hydrogen-bond acceptors (Lipinski definition) is 7. The van der Waals surface area contributed by atoms with Crippen LogP contribution in [-0.2, 0) is 21.4 Å². The Morgan fingerprint density at radius 2 is 2.16 bits per heavy atom. The molecule has 8 nitrogen and oxygen atoms in total. The Kier molecular flexibility index (Phi) is 6.99. The maximum absolute atomic E-state index is 11.8. The van der Waals surface area contributed by atoms with E-state index in [0.717, 1.165) is 4.88 Å². The summed E-state index contributed by atoms with van der Waals surface area (Å²) >= 11 is 2.97. The van der Waals surface area contributed by atoms with Crippen molar-refractivity contribution in [2.24, 2.45) is 5.73 Å². The van der Waals surface area contributed by atoms with Gasteiger partial charge in [-0.15, -0.1) is 21.5 Å². The van der Waals surface area contributed by atoms with E-state index in [-0.39, 0.29) is 18.1 Å². The van der Waals surface area contributed by atoms with Crippen LogP contribution in [0.15, 0.2) is 22.7 Å². The van der Waals surface area contributed by atoms with Crippen LogP contribution in [0.2, 0.25) is 0 Å². The molecular weight excluding hydrogens is 382 g/mol. The lowest BCUT2D eigenvalue weighted by Crippen LogP contribution is -2.25. The predicted molar refractivity (Wildman–Crippen MR) is 100.0 cm³/mol. The highest BCUT2D eigenvalue weighted by Gasteiger charge is 2.17. The Morgan fingerprint density at radius 3 is 2.76 bits per heavy atom. The summed E-state index contributed by atoms with van der Waals surface area (Å²) in [5, 5.41) is 11.0. The predicted octanol–water partition coefficient (Wildman–Crippen LogP) is 1.26. The van der Waals surface area contributed by atoms with Gasteiger partial charge in [-0.05, 0) is 17.9 Å². The highest BCUT2D eigenvalue weighted by Crippen LogP contribution is 2.27. The minimum absolute atomic E-state index is 0.0835. The second-order valence-electron chi connectivity index (χ2n) is 5.45. The Morgan fingerprint density at radius 1 is 1.40 bits per heavy atom. The summed E-state index contributed by atoms with van der Waals surface area (Å²) in [4.78, 5) is 12.1. The lowest BCUT2D eigenvalue weighted by atomic mass is 10.4. The molecule has 2 aromatic heterocycles. The number of thioether (sulfide) groups is 1. The summed E-state index contributed by atoms with van der Waals surface area (Å²) in [5.74, 6) is 0.977. The molecule has 11 heteroatoms. The van der Waals surface area contributed by atoms with Crippen molar-refractivity contribution in [3.05, 3.63) is 17.5 Å². The number of carbonyl (C=O) groups excluding carboxylic acids is 1. The molecule has 2 rings (SSSR count). The quantitative estimate of drug-likeness (QED) is 0.472. The van der Waals surface area contributed by atoms with E-state index in [4.69, 9.17) is 5.73 Å². The molecule has 0 saturated carbocycles. The standard InChI is InChI=1S/C14H21N5O3S3/c1-18(2)25(21,22)10-4-9-24-14-17-16-13(11-5-3-8-23-11)19(14)7-6-12(15)20/h3,5,8H,4,6-7,9-10H2,1-2H3,(H2,15,20). The molecule has 0 fully saturated rings. The third-order valence-corrected chi connectivity index (χ3v) is 7.21. The van der Waals surface area contributed by atoms with Crippen LogP contribution < -0.4 is 5.73 Å². The number of nitrogens with zero attached hydrogens (tertiary/aromatic N) is 4. The van der Waals surface area contributed by atoms with E-state index in [9.17, 15) is 13.2 Å². The van der Waals surface area contributed by atoms with Crippen LogP contribution in [0, 0.1) is 0 Å². The van der Waals surface area contributed by atoms with E-state index < -0.39 is 10.0 Å². The largest absolute Gasteiger partial charge is 0.370 e. The van der Waals surface area contributed by atoms with E-state index in [0.29, 0.717) is 29.7 Å². The fraction of sp³-hybridized carbons (Fsp3) is 0.500. The third kappa shape index (κ3) is 5.53. The smallest absolute Gasteiger partial charge is 0.219 e. The zero-order valence-electron chi connectivity index (χ0n) is 14.1. The van der Waals surface area contributed by atoms with Gasteiger partial charge in [0, 0.05) is 32.8 Å². The van der Waals surface area contributed by atoms with Gasteiger partial charge >= 0.3 is 0 Å². The van der Waals surface area contributed by atoms with Gasteiger partial charge in [-0.2, -0.15) is 0 Å². The Balaban J connectivity index is 2.05. The van der Waals surface area contributed by atoms with Crippen molar-refractivity contribution in [1.29, 1.82) is 0 Å². The second-order valence-corrected chi connectivity index (χ2v) is 9.76. The zero-order chi connectivity index (χ0) is 18.4. The van der Waals surface area contributed by atoms with Crippen molar-refractivity contribution in [2.45, 2.75) is 24.5 Å². The Labute approximate surface area is 155 Å². The van der Waals surface area contributed by atoms with Gasteiger partial charge in [-0.25, -0.2) is 12.7 Å². The Hall–Kier alpha value is -1.43. The van der Waals surface area contributed by atoms with Crippen molar-refractivity contribution in [2.75, 3.05) is 25.6 Å². The number of thiophene rings is 1. The molecule has 0 spiro atoms. The minimum Gasteiger partial charge on any atom is -0.370 e. The van der Waals surface area contributed by atoms with Gasteiger partial charge in [0.15, 0.2) is 11.0 Å². The molecule has 2 N–H and O–H groups in total. The Bertz CT molecular complexity index is 800. The minimum atomic E-state index is -3.20. The van der Waals surface area contributed by atoms with Crippen LogP contribution in [0.4, 0.5) is 0 Å². The van der Waals surface area contributed by atoms with Gasteiger partial charge < -0.3 is 10.3 Å². The molecule has 0 bridgehead atoms. The normalized spacial score (nSPS) is 12.0. The van der Waals surface area contributed by atoms with Crippen LogP contribution in [0.1, 0.15) is 12.8 Å². The highest BCUT2D eigenvalue weighted by atomic mass is 32.2. The fourth-order valence-corrected chi connectivity index (χ4v) is 4.67. The lowest BCUT2D eigenvalue weighted by molar-refractivity contribution is -0.118. The van der Waals surface area contributed by atoms with Crippen LogP contribution in [0.25, 0.3) is 10.7 Å². The average molecular weight is 404 g/mol. The van der Waals surface area contributed by atoms with Gasteiger partial charge in [0.25, 0.3) is 0 Å². The van der Waals surface area contributed by atoms with E-state index in [1.54, 1.807) is 0 Å². The van der Waals surface area contributed by atoms with E-state index in [1.807, 2.05) is 22.1 Å². The lowest BCUT2D eigenvalue weighted by Gasteiger charge is -2.11. The van der Waals surface area contributed by atoms with E-state index in [2.05, 4.69) is 10.2 Å². The molecule has 2 heterocycles. The monoisotopic (exact) mass is 403 g/mol. The number of amides is 1. The summed E-state index contributed by atoms with van der Waals surface area (Å²) in [7, 11) is -0.149. The summed E-state index contributed by atoms with van der Waals surface area (Å²) in [6.07, 6.45) is 0.696. The maximum Gasteiger partial charge on any atom is 0.219 e. The van der Waals surface area contributed by atoms with Gasteiger partial charge in [0.2, 0.25) is 15.9 Å². The zero-order valence-corrected chi connectivity index (χ0v) is 16.5. The van der Waals surface area contributed by atoms with E-state index >= 15 is 0 Å². The third-order valence-electron chi connectivity index (χ3n) is 3.37. The average Bonchev–Trinajstić information content (AvgIpc) is 3.18. The molecule has 0 atom stereocenters. The number of hydrogen-bond donors (Lipinski definition) is 1. The molecule has 0 saturated heterocycles. The first-order valence-corrected chi connectivity index (χ1v) is 11.1. The summed E-state index contributed by atoms with van der Waals surface area (Å²) < 4.78 is 26.6. The van der Waals surface area contributed by atoms with Crippen LogP contribution in [0.3, 0.4) is 0 Å².